The van der Waals surface area contributed by atoms with E-state index in [-0.39, 0.29) is 33.8 Å². The number of rotatable bonds is 6. The van der Waals surface area contributed by atoms with Gasteiger partial charge in [0.15, 0.2) is 6.61 Å². The molecule has 1 saturated heterocycles. The van der Waals surface area contributed by atoms with Crippen molar-refractivity contribution >= 4 is 58.3 Å². The summed E-state index contributed by atoms with van der Waals surface area (Å²) in [6, 6.07) is 12.8. The maximum atomic E-state index is 12.9. The van der Waals surface area contributed by atoms with Crippen LogP contribution in [0.15, 0.2) is 48.5 Å². The number of amides is 3. The van der Waals surface area contributed by atoms with E-state index in [2.05, 4.69) is 5.32 Å². The molecule has 4 rings (SSSR count). The van der Waals surface area contributed by atoms with Gasteiger partial charge >= 0.3 is 5.97 Å². The van der Waals surface area contributed by atoms with Crippen LogP contribution in [0.4, 0.5) is 11.4 Å². The second kappa shape index (κ2) is 10.0. The fourth-order valence-electron chi connectivity index (χ4n) is 4.27. The number of nitrogens with zero attached hydrogens (tertiary/aromatic N) is 1. The monoisotopic (exact) mass is 504 g/mol. The van der Waals surface area contributed by atoms with Crippen molar-refractivity contribution in [3.63, 3.8) is 0 Å². The number of hydrogen-bond acceptors (Lipinski definition) is 6. The topological polar surface area (TPSA) is 102 Å². The molecule has 2 fully saturated rings. The normalized spacial score (nSPS) is 23.9. The van der Waals surface area contributed by atoms with Crippen LogP contribution in [0.1, 0.15) is 23.2 Å². The summed E-state index contributed by atoms with van der Waals surface area (Å²) in [4.78, 5) is 51.7. The Hall–Kier alpha value is -3.10. The van der Waals surface area contributed by atoms with Gasteiger partial charge in [0.25, 0.3) is 5.91 Å². The number of esters is 1. The van der Waals surface area contributed by atoms with Crippen molar-refractivity contribution in [1.29, 1.82) is 0 Å². The van der Waals surface area contributed by atoms with Crippen LogP contribution in [0.3, 0.4) is 0 Å². The summed E-state index contributed by atoms with van der Waals surface area (Å²) in [5.74, 6) is -2.61. The molecule has 2 aromatic carbocycles. The summed E-state index contributed by atoms with van der Waals surface area (Å²) in [6.07, 6.45) is 0.648. The third-order valence-corrected chi connectivity index (χ3v) is 7.06. The number of imide groups is 1. The Balaban J connectivity index is 1.42. The summed E-state index contributed by atoms with van der Waals surface area (Å²) >= 11 is 12.4. The Labute approximate surface area is 206 Å². The zero-order chi connectivity index (χ0) is 24.4. The van der Waals surface area contributed by atoms with Gasteiger partial charge in [-0.25, -0.2) is 4.79 Å². The number of para-hydroxylation sites is 2. The molecule has 0 radical (unpaired) electrons. The highest BCUT2D eigenvalue weighted by atomic mass is 35.5. The van der Waals surface area contributed by atoms with Gasteiger partial charge < -0.3 is 14.8 Å². The van der Waals surface area contributed by atoms with E-state index in [1.165, 1.54) is 25.3 Å². The van der Waals surface area contributed by atoms with E-state index in [9.17, 15) is 19.2 Å². The molecule has 0 aromatic heterocycles. The van der Waals surface area contributed by atoms with E-state index in [1.807, 2.05) is 0 Å². The molecule has 0 spiro atoms. The van der Waals surface area contributed by atoms with Gasteiger partial charge in [-0.1, -0.05) is 18.2 Å². The number of anilines is 2. The summed E-state index contributed by atoms with van der Waals surface area (Å²) < 4.78 is 10.3. The van der Waals surface area contributed by atoms with E-state index in [0.717, 1.165) is 4.90 Å². The molecule has 10 heteroatoms. The molecule has 3 amide bonds. The molecule has 1 N–H and O–H groups in total. The van der Waals surface area contributed by atoms with Crippen LogP contribution in [0, 0.1) is 11.8 Å². The number of nitrogens with one attached hydrogen (secondary N) is 1. The van der Waals surface area contributed by atoms with Crippen LogP contribution in [-0.2, 0) is 19.1 Å². The van der Waals surface area contributed by atoms with Gasteiger partial charge in [-0.05, 0) is 43.2 Å². The lowest BCUT2D eigenvalue weighted by molar-refractivity contribution is -0.122. The summed E-state index contributed by atoms with van der Waals surface area (Å²) in [5.41, 5.74) is 0.803. The predicted octanol–water partition coefficient (Wildman–Crippen LogP) is 3.60. The molecule has 0 unspecified atom stereocenters. The molecule has 1 heterocycles. The SMILES string of the molecule is COc1ccccc1NC(=O)COC(=O)c1cccc(N2C(=O)[C@@H]3C[C@H](Cl)[C@@H](Cl)C[C@H]3C2=O)c1. The average molecular weight is 505 g/mol. The van der Waals surface area contributed by atoms with E-state index in [4.69, 9.17) is 32.7 Å². The largest absolute Gasteiger partial charge is 0.495 e. The van der Waals surface area contributed by atoms with E-state index >= 15 is 0 Å². The first-order valence-electron chi connectivity index (χ1n) is 10.7. The second-order valence-electron chi connectivity index (χ2n) is 8.10. The molecule has 8 nitrogen and oxygen atoms in total. The predicted molar refractivity (Wildman–Crippen MR) is 126 cm³/mol. The number of ether oxygens (including phenoxy) is 2. The van der Waals surface area contributed by atoms with Crippen molar-refractivity contribution in [3.05, 3.63) is 54.1 Å². The number of halogens is 2. The minimum absolute atomic E-state index is 0.100. The van der Waals surface area contributed by atoms with Gasteiger partial charge in [0.1, 0.15) is 5.75 Å². The zero-order valence-electron chi connectivity index (χ0n) is 18.2. The number of fused-ring (bicyclic) bond motifs is 1. The van der Waals surface area contributed by atoms with Gasteiger partial charge in [0, 0.05) is 0 Å². The van der Waals surface area contributed by atoms with Gasteiger partial charge in [-0.2, -0.15) is 0 Å². The first-order chi connectivity index (χ1) is 16.3. The number of benzene rings is 2. The molecule has 2 aliphatic rings. The number of methoxy groups -OCH3 is 1. The van der Waals surface area contributed by atoms with Crippen LogP contribution in [0.5, 0.6) is 5.75 Å². The van der Waals surface area contributed by atoms with Crippen molar-refractivity contribution in [2.45, 2.75) is 23.6 Å². The molecule has 34 heavy (non-hydrogen) atoms. The van der Waals surface area contributed by atoms with Gasteiger partial charge in [0.2, 0.25) is 11.8 Å². The first-order valence-corrected chi connectivity index (χ1v) is 11.5. The quantitative estimate of drug-likeness (QED) is 0.366. The van der Waals surface area contributed by atoms with Crippen molar-refractivity contribution in [2.24, 2.45) is 11.8 Å². The van der Waals surface area contributed by atoms with Crippen LogP contribution >= 0.6 is 23.2 Å². The molecular formula is C24H22Cl2N2O6. The van der Waals surface area contributed by atoms with Crippen molar-refractivity contribution in [2.75, 3.05) is 23.9 Å². The maximum absolute atomic E-state index is 12.9. The lowest BCUT2D eigenvalue weighted by Gasteiger charge is -2.28. The molecule has 4 atom stereocenters. The molecule has 2 aromatic rings. The third-order valence-electron chi connectivity index (χ3n) is 5.97. The van der Waals surface area contributed by atoms with Gasteiger partial charge in [-0.15, -0.1) is 23.2 Å². The standard InChI is InChI=1S/C24H22Cl2N2O6/c1-33-20-8-3-2-7-19(20)27-21(29)12-34-24(32)13-5-4-6-14(9-13)28-22(30)15-10-17(25)18(26)11-16(15)23(28)31/h2-9,15-18H,10-12H2,1H3,(H,27,29)/t15-,16-,17+,18+/m1/s1. The Kier molecular flexibility index (Phi) is 7.09. The first kappa shape index (κ1) is 24.0. The van der Waals surface area contributed by atoms with Crippen molar-refractivity contribution in [3.8, 4) is 5.75 Å². The van der Waals surface area contributed by atoms with Crippen LogP contribution in [0.25, 0.3) is 0 Å². The zero-order valence-corrected chi connectivity index (χ0v) is 19.7. The third kappa shape index (κ3) is 4.74. The highest BCUT2D eigenvalue weighted by Crippen LogP contribution is 2.43. The molecular weight excluding hydrogens is 483 g/mol. The van der Waals surface area contributed by atoms with Crippen LogP contribution < -0.4 is 15.0 Å². The van der Waals surface area contributed by atoms with Gasteiger partial charge in [0.05, 0.1) is 46.6 Å². The minimum Gasteiger partial charge on any atom is -0.495 e. The molecule has 178 valence electrons. The molecule has 1 aliphatic heterocycles. The van der Waals surface area contributed by atoms with E-state index in [0.29, 0.717) is 24.3 Å². The van der Waals surface area contributed by atoms with Gasteiger partial charge in [-0.3, -0.25) is 19.3 Å². The minimum atomic E-state index is -0.768. The van der Waals surface area contributed by atoms with E-state index < -0.39 is 30.3 Å². The van der Waals surface area contributed by atoms with Crippen LogP contribution in [-0.4, -0.2) is 48.2 Å². The number of hydrogen-bond donors (Lipinski definition) is 1. The second-order valence-corrected chi connectivity index (χ2v) is 9.22. The number of alkyl halides is 2. The summed E-state index contributed by atoms with van der Waals surface area (Å²) in [7, 11) is 1.48. The highest BCUT2D eigenvalue weighted by molar-refractivity contribution is 6.31. The van der Waals surface area contributed by atoms with E-state index in [1.54, 1.807) is 30.3 Å². The highest BCUT2D eigenvalue weighted by Gasteiger charge is 2.52. The fraction of sp³-hybridized carbons (Fsp3) is 0.333. The lowest BCUT2D eigenvalue weighted by Crippen LogP contribution is -2.34. The lowest BCUT2D eigenvalue weighted by atomic mass is 9.80. The summed E-state index contributed by atoms with van der Waals surface area (Å²) in [6.45, 7) is -0.527. The Morgan fingerprint density at radius 1 is 1.00 bits per heavy atom. The fourth-order valence-corrected chi connectivity index (χ4v) is 4.86. The van der Waals surface area contributed by atoms with Crippen molar-refractivity contribution < 1.29 is 28.7 Å². The summed E-state index contributed by atoms with van der Waals surface area (Å²) in [5, 5.41) is 1.84. The number of carbonyl (C=O) groups is 4. The van der Waals surface area contributed by atoms with Crippen molar-refractivity contribution in [1.82, 2.24) is 0 Å². The maximum Gasteiger partial charge on any atom is 0.338 e. The Bertz CT molecular complexity index is 1110. The molecule has 1 saturated carbocycles. The number of carbonyl (C=O) groups excluding carboxylic acids is 4. The average Bonchev–Trinajstić information content (AvgIpc) is 3.07. The Morgan fingerprint density at radius 3 is 2.29 bits per heavy atom. The molecule has 1 aliphatic carbocycles. The smallest absolute Gasteiger partial charge is 0.338 e. The van der Waals surface area contributed by atoms with Crippen LogP contribution in [0.2, 0.25) is 0 Å². The molecule has 0 bridgehead atoms. The Morgan fingerprint density at radius 2 is 1.65 bits per heavy atom.